The highest BCUT2D eigenvalue weighted by Gasteiger charge is 2.39. The van der Waals surface area contributed by atoms with Crippen LogP contribution in [0.25, 0.3) is 0 Å². The van der Waals surface area contributed by atoms with Crippen LogP contribution in [0.2, 0.25) is 0 Å². The first-order chi connectivity index (χ1) is 11.3. The molecule has 2 aliphatic carbocycles. The zero-order valence-electron chi connectivity index (χ0n) is 12.8. The second kappa shape index (κ2) is 5.92. The van der Waals surface area contributed by atoms with Gasteiger partial charge in [0, 0.05) is 11.6 Å². The Kier molecular flexibility index (Phi) is 3.62. The Labute approximate surface area is 136 Å². The molecule has 1 saturated carbocycles. The van der Waals surface area contributed by atoms with Gasteiger partial charge in [0.15, 0.2) is 0 Å². The molecule has 1 fully saturated rings. The lowest BCUT2D eigenvalue weighted by molar-refractivity contribution is -0.120. The van der Waals surface area contributed by atoms with E-state index in [4.69, 9.17) is 4.74 Å². The number of allylic oxidation sites excluding steroid dienone is 2. The monoisotopic (exact) mass is 305 g/mol. The van der Waals surface area contributed by atoms with Crippen molar-refractivity contribution in [2.45, 2.75) is 12.8 Å². The Hall–Kier alpha value is -2.55. The van der Waals surface area contributed by atoms with Crippen molar-refractivity contribution in [3.05, 3.63) is 66.7 Å². The van der Waals surface area contributed by atoms with Crippen LogP contribution < -0.4 is 10.1 Å². The summed E-state index contributed by atoms with van der Waals surface area (Å²) in [6.07, 6.45) is 6.59. The molecule has 2 aromatic carbocycles. The van der Waals surface area contributed by atoms with E-state index < -0.39 is 0 Å². The number of benzene rings is 2. The highest BCUT2D eigenvalue weighted by Crippen LogP contribution is 2.43. The van der Waals surface area contributed by atoms with Gasteiger partial charge >= 0.3 is 0 Å². The van der Waals surface area contributed by atoms with Crippen LogP contribution in [0.4, 0.5) is 5.69 Å². The second-order valence-corrected chi connectivity index (χ2v) is 6.32. The third-order valence-electron chi connectivity index (χ3n) is 4.72. The number of anilines is 1. The number of fused-ring (bicyclic) bond motifs is 2. The number of rotatable bonds is 4. The molecule has 2 bridgehead atoms. The Morgan fingerprint density at radius 3 is 2.30 bits per heavy atom. The van der Waals surface area contributed by atoms with Crippen molar-refractivity contribution in [3.63, 3.8) is 0 Å². The molecule has 23 heavy (non-hydrogen) atoms. The summed E-state index contributed by atoms with van der Waals surface area (Å²) < 4.78 is 5.76. The number of carbonyl (C=O) groups is 1. The predicted molar refractivity (Wildman–Crippen MR) is 90.4 cm³/mol. The van der Waals surface area contributed by atoms with Crippen LogP contribution >= 0.6 is 0 Å². The summed E-state index contributed by atoms with van der Waals surface area (Å²) in [7, 11) is 0. The van der Waals surface area contributed by atoms with Crippen LogP contribution in [0.5, 0.6) is 11.5 Å². The maximum Gasteiger partial charge on any atom is 0.228 e. The number of nitrogens with one attached hydrogen (secondary N) is 1. The number of carbonyl (C=O) groups excluding carboxylic acids is 1. The minimum atomic E-state index is 0.130. The maximum atomic E-state index is 12.4. The molecule has 0 radical (unpaired) electrons. The smallest absolute Gasteiger partial charge is 0.228 e. The molecular weight excluding hydrogens is 286 g/mol. The van der Waals surface area contributed by atoms with Crippen LogP contribution in [-0.2, 0) is 4.79 Å². The quantitative estimate of drug-likeness (QED) is 0.836. The van der Waals surface area contributed by atoms with E-state index in [1.165, 1.54) is 0 Å². The third kappa shape index (κ3) is 3.00. The number of hydrogen-bond donors (Lipinski definition) is 1. The van der Waals surface area contributed by atoms with Crippen molar-refractivity contribution in [1.29, 1.82) is 0 Å². The summed E-state index contributed by atoms with van der Waals surface area (Å²) in [5.41, 5.74) is 0.821. The van der Waals surface area contributed by atoms with Gasteiger partial charge in [-0.15, -0.1) is 0 Å². The maximum absolute atomic E-state index is 12.4. The van der Waals surface area contributed by atoms with Gasteiger partial charge in [-0.3, -0.25) is 4.79 Å². The molecule has 3 nitrogen and oxygen atoms in total. The first-order valence-corrected chi connectivity index (χ1v) is 8.10. The van der Waals surface area contributed by atoms with Gasteiger partial charge in [0.25, 0.3) is 0 Å². The zero-order valence-corrected chi connectivity index (χ0v) is 12.8. The van der Waals surface area contributed by atoms with Crippen molar-refractivity contribution in [1.82, 2.24) is 0 Å². The van der Waals surface area contributed by atoms with E-state index in [0.717, 1.165) is 30.0 Å². The number of ether oxygens (including phenoxy) is 1. The summed E-state index contributed by atoms with van der Waals surface area (Å²) in [6.45, 7) is 0. The summed E-state index contributed by atoms with van der Waals surface area (Å²) in [6, 6.07) is 17.2. The fourth-order valence-electron chi connectivity index (χ4n) is 3.55. The standard InChI is InChI=1S/C20H19NO2/c22-20(19-13-14-6-7-15(19)12-14)21-16-8-10-18(11-9-16)23-17-4-2-1-3-5-17/h1-11,14-15,19H,12-13H2,(H,21,22). The van der Waals surface area contributed by atoms with Crippen LogP contribution in [-0.4, -0.2) is 5.91 Å². The van der Waals surface area contributed by atoms with Gasteiger partial charge in [0.05, 0.1) is 0 Å². The SMILES string of the molecule is O=C(Nc1ccc(Oc2ccccc2)cc1)C1CC2C=CC1C2. The van der Waals surface area contributed by atoms with E-state index in [1.54, 1.807) is 0 Å². The van der Waals surface area contributed by atoms with Crippen LogP contribution in [0.15, 0.2) is 66.7 Å². The lowest BCUT2D eigenvalue weighted by atomic mass is 9.93. The van der Waals surface area contributed by atoms with Crippen molar-refractivity contribution in [2.24, 2.45) is 17.8 Å². The summed E-state index contributed by atoms with van der Waals surface area (Å²) >= 11 is 0. The molecule has 3 unspecified atom stereocenters. The van der Waals surface area contributed by atoms with Gasteiger partial charge in [0.1, 0.15) is 11.5 Å². The normalized spacial score (nSPS) is 24.6. The molecule has 1 amide bonds. The number of para-hydroxylation sites is 1. The fraction of sp³-hybridized carbons (Fsp3) is 0.250. The van der Waals surface area contributed by atoms with E-state index in [-0.39, 0.29) is 11.8 Å². The van der Waals surface area contributed by atoms with Gasteiger partial charge in [-0.05, 0) is 61.1 Å². The highest BCUT2D eigenvalue weighted by atomic mass is 16.5. The molecule has 3 atom stereocenters. The van der Waals surface area contributed by atoms with Gasteiger partial charge in [0.2, 0.25) is 5.91 Å². The minimum Gasteiger partial charge on any atom is -0.457 e. The Balaban J connectivity index is 1.38. The first kappa shape index (κ1) is 14.1. The van der Waals surface area contributed by atoms with Gasteiger partial charge in [-0.2, -0.15) is 0 Å². The molecular formula is C20H19NO2. The number of amides is 1. The molecule has 0 aliphatic heterocycles. The van der Waals surface area contributed by atoms with E-state index in [1.807, 2.05) is 54.6 Å². The van der Waals surface area contributed by atoms with Crippen molar-refractivity contribution < 1.29 is 9.53 Å². The van der Waals surface area contributed by atoms with Gasteiger partial charge < -0.3 is 10.1 Å². The Bertz CT molecular complexity index is 721. The first-order valence-electron chi connectivity index (χ1n) is 8.10. The average molecular weight is 305 g/mol. The van der Waals surface area contributed by atoms with Crippen molar-refractivity contribution in [3.8, 4) is 11.5 Å². The van der Waals surface area contributed by atoms with Gasteiger partial charge in [-0.25, -0.2) is 0 Å². The van der Waals surface area contributed by atoms with E-state index in [9.17, 15) is 4.79 Å². The summed E-state index contributed by atoms with van der Waals surface area (Å²) in [5.74, 6) is 2.87. The molecule has 0 aromatic heterocycles. The van der Waals surface area contributed by atoms with Crippen LogP contribution in [0, 0.1) is 17.8 Å². The lowest BCUT2D eigenvalue weighted by Gasteiger charge is -2.17. The molecule has 0 spiro atoms. The predicted octanol–water partition coefficient (Wildman–Crippen LogP) is 4.63. The van der Waals surface area contributed by atoms with E-state index in [0.29, 0.717) is 11.8 Å². The topological polar surface area (TPSA) is 38.3 Å². The lowest BCUT2D eigenvalue weighted by Crippen LogP contribution is -2.25. The van der Waals surface area contributed by atoms with E-state index >= 15 is 0 Å². The molecule has 1 N–H and O–H groups in total. The van der Waals surface area contributed by atoms with Crippen LogP contribution in [0.3, 0.4) is 0 Å². The summed E-state index contributed by atoms with van der Waals surface area (Å²) in [4.78, 5) is 12.4. The summed E-state index contributed by atoms with van der Waals surface area (Å²) in [5, 5.41) is 3.03. The molecule has 0 heterocycles. The molecule has 2 aliphatic rings. The molecule has 116 valence electrons. The minimum absolute atomic E-state index is 0.130. The van der Waals surface area contributed by atoms with Gasteiger partial charge in [-0.1, -0.05) is 30.4 Å². The van der Waals surface area contributed by atoms with Crippen molar-refractivity contribution >= 4 is 11.6 Å². The molecule has 4 rings (SSSR count). The van der Waals surface area contributed by atoms with E-state index in [2.05, 4.69) is 17.5 Å². The molecule has 2 aromatic rings. The molecule has 3 heteroatoms. The Morgan fingerprint density at radius 1 is 0.913 bits per heavy atom. The van der Waals surface area contributed by atoms with Crippen molar-refractivity contribution in [2.75, 3.05) is 5.32 Å². The largest absolute Gasteiger partial charge is 0.457 e. The zero-order chi connectivity index (χ0) is 15.6. The Morgan fingerprint density at radius 2 is 1.65 bits per heavy atom. The molecule has 0 saturated heterocycles. The average Bonchev–Trinajstić information content (AvgIpc) is 3.21. The van der Waals surface area contributed by atoms with Crippen LogP contribution in [0.1, 0.15) is 12.8 Å². The number of hydrogen-bond acceptors (Lipinski definition) is 2. The second-order valence-electron chi connectivity index (χ2n) is 6.32. The fourth-order valence-corrected chi connectivity index (χ4v) is 3.55. The third-order valence-corrected chi connectivity index (χ3v) is 4.72. The highest BCUT2D eigenvalue weighted by molar-refractivity contribution is 5.93.